The van der Waals surface area contributed by atoms with Crippen LogP contribution in [0.3, 0.4) is 0 Å². The molecule has 3 N–H and O–H groups in total. The van der Waals surface area contributed by atoms with Crippen LogP contribution in [0.4, 0.5) is 0 Å². The van der Waals surface area contributed by atoms with Crippen LogP contribution in [0.5, 0.6) is 0 Å². The maximum atomic E-state index is 12.2. The number of aromatic nitrogens is 6. The Morgan fingerprint density at radius 2 is 2.13 bits per heavy atom. The van der Waals surface area contributed by atoms with E-state index in [1.54, 1.807) is 18.2 Å². The van der Waals surface area contributed by atoms with Gasteiger partial charge in [0.15, 0.2) is 4.77 Å². The lowest BCUT2D eigenvalue weighted by atomic mass is 10.2. The number of carbonyl (C=O) groups is 1. The molecule has 1 aromatic carbocycles. The highest BCUT2D eigenvalue weighted by atomic mass is 32.1. The summed E-state index contributed by atoms with van der Waals surface area (Å²) in [5, 5.41) is 20.5. The Labute approximate surface area is 136 Å². The Morgan fingerprint density at radius 1 is 1.30 bits per heavy atom. The molecular weight excluding hydrogens is 314 g/mol. The van der Waals surface area contributed by atoms with Gasteiger partial charge in [-0.3, -0.25) is 9.89 Å². The second-order valence-electron chi connectivity index (χ2n) is 5.58. The van der Waals surface area contributed by atoms with Crippen molar-refractivity contribution in [2.24, 2.45) is 0 Å². The van der Waals surface area contributed by atoms with E-state index < -0.39 is 0 Å². The first kappa shape index (κ1) is 14.1. The van der Waals surface area contributed by atoms with Gasteiger partial charge in [-0.15, -0.1) is 0 Å². The Balaban J connectivity index is 1.41. The second kappa shape index (κ2) is 5.58. The second-order valence-corrected chi connectivity index (χ2v) is 5.97. The fourth-order valence-electron chi connectivity index (χ4n) is 2.59. The van der Waals surface area contributed by atoms with Gasteiger partial charge in [-0.2, -0.15) is 20.5 Å². The molecule has 118 valence electrons. The number of aromatic amines is 2. The zero-order valence-corrected chi connectivity index (χ0v) is 13.1. The van der Waals surface area contributed by atoms with Crippen molar-refractivity contribution in [3.05, 3.63) is 34.4 Å². The van der Waals surface area contributed by atoms with Gasteiger partial charge in [-0.25, -0.2) is 0 Å². The third kappa shape index (κ3) is 2.74. The highest BCUT2D eigenvalue weighted by Crippen LogP contribution is 2.35. The average molecular weight is 329 g/mol. The largest absolute Gasteiger partial charge is 0.352 e. The van der Waals surface area contributed by atoms with Crippen molar-refractivity contribution in [2.45, 2.75) is 25.3 Å². The summed E-state index contributed by atoms with van der Waals surface area (Å²) >= 11 is 5.25. The number of fused-ring (bicyclic) bond motifs is 1. The molecule has 0 atom stereocenters. The van der Waals surface area contributed by atoms with Crippen LogP contribution in [0.1, 0.15) is 35.1 Å². The average Bonchev–Trinajstić information content (AvgIpc) is 3.15. The lowest BCUT2D eigenvalue weighted by Gasteiger charge is -2.06. The summed E-state index contributed by atoms with van der Waals surface area (Å²) in [6.45, 7) is 0.502. The van der Waals surface area contributed by atoms with Crippen LogP contribution in [-0.2, 0) is 6.42 Å². The van der Waals surface area contributed by atoms with E-state index >= 15 is 0 Å². The number of nitrogens with zero attached hydrogens (tertiary/aromatic N) is 4. The van der Waals surface area contributed by atoms with E-state index in [2.05, 4.69) is 35.5 Å². The molecule has 1 amide bonds. The van der Waals surface area contributed by atoms with Crippen LogP contribution in [0.2, 0.25) is 0 Å². The van der Waals surface area contributed by atoms with E-state index in [4.69, 9.17) is 12.2 Å². The standard InChI is InChI=1S/C14H15N7OS/c22-13(8-1-4-10-11(7-8)17-20-16-10)15-6-5-12-18-19-14(23)21(12)9-2-3-9/h1,4,7,9H,2-3,5-6H2,(H,15,22)(H,19,23)(H,16,17,20). The summed E-state index contributed by atoms with van der Waals surface area (Å²) in [4.78, 5) is 12.2. The number of nitrogens with one attached hydrogen (secondary N) is 3. The summed E-state index contributed by atoms with van der Waals surface area (Å²) in [5.41, 5.74) is 1.97. The van der Waals surface area contributed by atoms with Crippen molar-refractivity contribution in [1.29, 1.82) is 0 Å². The molecule has 1 aliphatic rings. The van der Waals surface area contributed by atoms with E-state index in [0.717, 1.165) is 24.2 Å². The normalized spacial score (nSPS) is 14.3. The van der Waals surface area contributed by atoms with Crippen LogP contribution in [-0.4, -0.2) is 42.6 Å². The highest BCUT2D eigenvalue weighted by molar-refractivity contribution is 7.71. The number of hydrogen-bond donors (Lipinski definition) is 3. The number of amides is 1. The Kier molecular flexibility index (Phi) is 3.41. The van der Waals surface area contributed by atoms with Gasteiger partial charge >= 0.3 is 0 Å². The zero-order chi connectivity index (χ0) is 15.8. The Morgan fingerprint density at radius 3 is 2.96 bits per heavy atom. The third-order valence-electron chi connectivity index (χ3n) is 3.90. The topological polar surface area (TPSA) is 104 Å². The lowest BCUT2D eigenvalue weighted by molar-refractivity contribution is 0.0954. The SMILES string of the molecule is O=C(NCCc1n[nH]c(=S)n1C1CC1)c1ccc2n[nH]nc2c1. The molecule has 0 radical (unpaired) electrons. The van der Waals surface area contributed by atoms with Crippen molar-refractivity contribution in [1.82, 2.24) is 35.5 Å². The molecule has 4 rings (SSSR count). The quantitative estimate of drug-likeness (QED) is 0.616. The molecule has 0 saturated heterocycles. The van der Waals surface area contributed by atoms with Gasteiger partial charge in [0.25, 0.3) is 5.91 Å². The number of carbonyl (C=O) groups excluding carboxylic acids is 1. The van der Waals surface area contributed by atoms with E-state index in [-0.39, 0.29) is 5.91 Å². The van der Waals surface area contributed by atoms with Gasteiger partial charge in [0, 0.05) is 24.6 Å². The molecule has 23 heavy (non-hydrogen) atoms. The van der Waals surface area contributed by atoms with E-state index in [1.165, 1.54) is 0 Å². The highest BCUT2D eigenvalue weighted by Gasteiger charge is 2.26. The third-order valence-corrected chi connectivity index (χ3v) is 4.19. The minimum absolute atomic E-state index is 0.137. The smallest absolute Gasteiger partial charge is 0.251 e. The van der Waals surface area contributed by atoms with Gasteiger partial charge in [0.2, 0.25) is 0 Å². The Bertz CT molecular complexity index is 920. The van der Waals surface area contributed by atoms with Crippen molar-refractivity contribution in [3.8, 4) is 0 Å². The predicted octanol–water partition coefficient (Wildman–Crippen LogP) is 1.52. The maximum absolute atomic E-state index is 12.2. The monoisotopic (exact) mass is 329 g/mol. The van der Waals surface area contributed by atoms with Crippen LogP contribution in [0.15, 0.2) is 18.2 Å². The van der Waals surface area contributed by atoms with Gasteiger partial charge < -0.3 is 9.88 Å². The summed E-state index contributed by atoms with van der Waals surface area (Å²) < 4.78 is 2.72. The fraction of sp³-hybridized carbons (Fsp3) is 0.357. The summed E-state index contributed by atoms with van der Waals surface area (Å²) in [6, 6.07) is 5.70. The first-order valence-corrected chi connectivity index (χ1v) is 7.88. The van der Waals surface area contributed by atoms with Crippen molar-refractivity contribution in [2.75, 3.05) is 6.54 Å². The van der Waals surface area contributed by atoms with Crippen molar-refractivity contribution < 1.29 is 4.79 Å². The number of hydrogen-bond acceptors (Lipinski definition) is 5. The van der Waals surface area contributed by atoms with Crippen molar-refractivity contribution >= 4 is 29.2 Å². The molecule has 9 heteroatoms. The van der Waals surface area contributed by atoms with Crippen LogP contribution in [0.25, 0.3) is 11.0 Å². The summed E-state index contributed by atoms with van der Waals surface area (Å²) in [7, 11) is 0. The molecule has 0 spiro atoms. The van der Waals surface area contributed by atoms with Crippen LogP contribution >= 0.6 is 12.2 Å². The van der Waals surface area contributed by atoms with Gasteiger partial charge in [-0.05, 0) is 43.3 Å². The van der Waals surface area contributed by atoms with Crippen LogP contribution < -0.4 is 5.32 Å². The first-order valence-electron chi connectivity index (χ1n) is 7.47. The molecule has 3 aromatic rings. The molecule has 0 bridgehead atoms. The summed E-state index contributed by atoms with van der Waals surface area (Å²) in [5.74, 6) is 0.756. The predicted molar refractivity (Wildman–Crippen MR) is 85.6 cm³/mol. The minimum atomic E-state index is -0.137. The van der Waals surface area contributed by atoms with Gasteiger partial charge in [-0.1, -0.05) is 0 Å². The molecule has 2 aromatic heterocycles. The molecule has 8 nitrogen and oxygen atoms in total. The van der Waals surface area contributed by atoms with E-state index in [9.17, 15) is 4.79 Å². The number of rotatable bonds is 5. The molecule has 0 unspecified atom stereocenters. The molecular formula is C14H15N7OS. The minimum Gasteiger partial charge on any atom is -0.352 e. The van der Waals surface area contributed by atoms with Gasteiger partial charge in [0.05, 0.1) is 0 Å². The van der Waals surface area contributed by atoms with E-state index in [0.29, 0.717) is 34.9 Å². The number of H-pyrrole nitrogens is 2. The molecule has 1 fully saturated rings. The zero-order valence-electron chi connectivity index (χ0n) is 12.2. The fourth-order valence-corrected chi connectivity index (χ4v) is 2.89. The Hall–Kier alpha value is -2.55. The van der Waals surface area contributed by atoms with Crippen molar-refractivity contribution in [3.63, 3.8) is 0 Å². The molecule has 2 heterocycles. The first-order chi connectivity index (χ1) is 11.2. The van der Waals surface area contributed by atoms with E-state index in [1.807, 2.05) is 0 Å². The lowest BCUT2D eigenvalue weighted by Crippen LogP contribution is -2.26. The maximum Gasteiger partial charge on any atom is 0.251 e. The molecule has 1 saturated carbocycles. The van der Waals surface area contributed by atoms with Gasteiger partial charge in [0.1, 0.15) is 16.9 Å². The molecule has 1 aliphatic carbocycles. The molecule has 0 aliphatic heterocycles. The number of benzene rings is 1. The summed E-state index contributed by atoms with van der Waals surface area (Å²) in [6.07, 6.45) is 2.93. The van der Waals surface area contributed by atoms with Crippen LogP contribution in [0, 0.1) is 4.77 Å².